The predicted molar refractivity (Wildman–Crippen MR) is 114 cm³/mol. The number of quaternary nitrogens is 1. The summed E-state index contributed by atoms with van der Waals surface area (Å²) in [7, 11) is 0. The van der Waals surface area contributed by atoms with E-state index in [1.54, 1.807) is 0 Å². The molecule has 2 aromatic carbocycles. The first-order valence-corrected chi connectivity index (χ1v) is 10.9. The monoisotopic (exact) mass is 396 g/mol. The van der Waals surface area contributed by atoms with Crippen LogP contribution in [0.15, 0.2) is 42.5 Å². The number of hydrogen-bond donors (Lipinski definition) is 1. The highest BCUT2D eigenvalue weighted by atomic mass is 16.7. The van der Waals surface area contributed by atoms with E-state index in [9.17, 15) is 0 Å². The van der Waals surface area contributed by atoms with Crippen molar-refractivity contribution in [3.05, 3.63) is 59.2 Å². The molecule has 0 saturated carbocycles. The van der Waals surface area contributed by atoms with Crippen LogP contribution in [0, 0.1) is 12.8 Å². The average molecular weight is 397 g/mol. The highest BCUT2D eigenvalue weighted by molar-refractivity contribution is 5.44. The molecule has 0 unspecified atom stereocenters. The third kappa shape index (κ3) is 5.12. The van der Waals surface area contributed by atoms with Crippen molar-refractivity contribution in [3.8, 4) is 11.5 Å². The summed E-state index contributed by atoms with van der Waals surface area (Å²) >= 11 is 0. The summed E-state index contributed by atoms with van der Waals surface area (Å²) in [5.41, 5.74) is 4.08. The van der Waals surface area contributed by atoms with E-state index in [0.717, 1.165) is 44.0 Å². The van der Waals surface area contributed by atoms with Crippen molar-refractivity contribution in [2.45, 2.75) is 58.1 Å². The molecule has 156 valence electrons. The van der Waals surface area contributed by atoms with E-state index in [1.807, 2.05) is 6.07 Å². The second-order valence-corrected chi connectivity index (χ2v) is 9.14. The molecule has 0 spiro atoms. The van der Waals surface area contributed by atoms with Crippen LogP contribution in [0.2, 0.25) is 0 Å². The van der Waals surface area contributed by atoms with Crippen molar-refractivity contribution in [1.82, 2.24) is 0 Å². The fourth-order valence-electron chi connectivity index (χ4n) is 4.74. The van der Waals surface area contributed by atoms with Gasteiger partial charge >= 0.3 is 0 Å². The fourth-order valence-corrected chi connectivity index (χ4v) is 4.74. The van der Waals surface area contributed by atoms with E-state index in [2.05, 4.69) is 62.5 Å². The van der Waals surface area contributed by atoms with Gasteiger partial charge in [0.15, 0.2) is 11.5 Å². The summed E-state index contributed by atoms with van der Waals surface area (Å²) in [6.07, 6.45) is 3.48. The van der Waals surface area contributed by atoms with E-state index < -0.39 is 0 Å². The van der Waals surface area contributed by atoms with Gasteiger partial charge in [-0.15, -0.1) is 0 Å². The van der Waals surface area contributed by atoms with E-state index in [1.165, 1.54) is 23.1 Å². The van der Waals surface area contributed by atoms with E-state index in [4.69, 9.17) is 14.2 Å². The minimum atomic E-state index is -0.0118. The Balaban J connectivity index is 1.38. The molecule has 4 nitrogen and oxygen atoms in total. The van der Waals surface area contributed by atoms with Gasteiger partial charge in [0.05, 0.1) is 12.1 Å². The summed E-state index contributed by atoms with van der Waals surface area (Å²) in [4.78, 5) is 0. The number of rotatable bonds is 7. The normalized spacial score (nSPS) is 21.1. The molecule has 29 heavy (non-hydrogen) atoms. The second-order valence-electron chi connectivity index (χ2n) is 9.14. The zero-order chi connectivity index (χ0) is 20.3. The Labute approximate surface area is 174 Å². The quantitative estimate of drug-likeness (QED) is 0.715. The van der Waals surface area contributed by atoms with Gasteiger partial charge in [0.1, 0.15) is 6.54 Å². The molecule has 0 amide bonds. The zero-order valence-corrected chi connectivity index (χ0v) is 17.9. The molecule has 1 saturated heterocycles. The van der Waals surface area contributed by atoms with Crippen LogP contribution < -0.4 is 14.8 Å². The molecule has 2 heterocycles. The van der Waals surface area contributed by atoms with Gasteiger partial charge in [0.2, 0.25) is 6.79 Å². The minimum absolute atomic E-state index is 0.0118. The topological polar surface area (TPSA) is 44.3 Å². The van der Waals surface area contributed by atoms with Crippen molar-refractivity contribution in [2.24, 2.45) is 5.92 Å². The van der Waals surface area contributed by atoms with Crippen molar-refractivity contribution >= 4 is 0 Å². The lowest BCUT2D eigenvalue weighted by Gasteiger charge is -2.39. The maximum Gasteiger partial charge on any atom is 0.231 e. The lowest BCUT2D eigenvalue weighted by atomic mass is 9.75. The SMILES string of the molecule is Cc1ccc([C@@H](CC[NH2+]Cc2ccc3c(c2)OCO3)[C@H]2CCOC(C)(C)C2)cc1. The van der Waals surface area contributed by atoms with Crippen LogP contribution in [0.3, 0.4) is 0 Å². The van der Waals surface area contributed by atoms with Crippen LogP contribution in [-0.2, 0) is 11.3 Å². The Hall–Kier alpha value is -2.04. The Bertz CT molecular complexity index is 815. The molecule has 2 atom stereocenters. The van der Waals surface area contributed by atoms with E-state index >= 15 is 0 Å². The van der Waals surface area contributed by atoms with Gasteiger partial charge in [-0.25, -0.2) is 0 Å². The number of nitrogens with two attached hydrogens (primary N) is 1. The van der Waals surface area contributed by atoms with Gasteiger partial charge < -0.3 is 19.5 Å². The Kier molecular flexibility index (Phi) is 6.12. The van der Waals surface area contributed by atoms with Crippen molar-refractivity contribution in [3.63, 3.8) is 0 Å². The average Bonchev–Trinajstić information content (AvgIpc) is 3.16. The maximum absolute atomic E-state index is 5.99. The third-order valence-electron chi connectivity index (χ3n) is 6.31. The van der Waals surface area contributed by atoms with E-state index in [-0.39, 0.29) is 5.60 Å². The first-order valence-electron chi connectivity index (χ1n) is 10.9. The first kappa shape index (κ1) is 20.2. The van der Waals surface area contributed by atoms with Gasteiger partial charge in [0, 0.05) is 18.6 Å². The summed E-state index contributed by atoms with van der Waals surface area (Å²) in [5.74, 6) is 3.00. The van der Waals surface area contributed by atoms with E-state index in [0.29, 0.717) is 18.6 Å². The molecule has 2 aliphatic rings. The highest BCUT2D eigenvalue weighted by Crippen LogP contribution is 2.39. The Morgan fingerprint density at radius 1 is 1.07 bits per heavy atom. The lowest BCUT2D eigenvalue weighted by Crippen LogP contribution is -2.82. The molecule has 0 bridgehead atoms. The van der Waals surface area contributed by atoms with Gasteiger partial charge in [-0.1, -0.05) is 29.8 Å². The molecular weight excluding hydrogens is 362 g/mol. The Morgan fingerprint density at radius 2 is 1.86 bits per heavy atom. The van der Waals surface area contributed by atoms with Crippen LogP contribution >= 0.6 is 0 Å². The number of aryl methyl sites for hydroxylation is 1. The molecule has 4 rings (SSSR count). The van der Waals surface area contributed by atoms with Crippen LogP contribution in [0.4, 0.5) is 0 Å². The predicted octanol–water partition coefficient (Wildman–Crippen LogP) is 4.17. The van der Waals surface area contributed by atoms with Gasteiger partial charge in [-0.05, 0) is 69.2 Å². The molecule has 4 heteroatoms. The highest BCUT2D eigenvalue weighted by Gasteiger charge is 2.34. The largest absolute Gasteiger partial charge is 0.454 e. The number of ether oxygens (including phenoxy) is 3. The molecule has 2 aromatic rings. The Morgan fingerprint density at radius 3 is 2.66 bits per heavy atom. The standard InChI is InChI=1S/C25H33NO3/c1-18-4-7-20(8-5-18)22(21-11-13-29-25(2,3)15-21)10-12-26-16-19-6-9-23-24(14-19)28-17-27-23/h4-9,14,21-22,26H,10-13,15-17H2,1-3H3/p+1/t21-,22+/m0/s1. The smallest absolute Gasteiger partial charge is 0.231 e. The van der Waals surface area contributed by atoms with Gasteiger partial charge in [-0.3, -0.25) is 0 Å². The molecule has 2 aliphatic heterocycles. The summed E-state index contributed by atoms with van der Waals surface area (Å²) in [5, 5.41) is 2.42. The van der Waals surface area contributed by atoms with Crippen molar-refractivity contribution in [2.75, 3.05) is 19.9 Å². The van der Waals surface area contributed by atoms with Crippen LogP contribution in [0.25, 0.3) is 0 Å². The molecular formula is C25H34NO3+. The fraction of sp³-hybridized carbons (Fsp3) is 0.520. The van der Waals surface area contributed by atoms with Crippen LogP contribution in [-0.4, -0.2) is 25.5 Å². The first-order chi connectivity index (χ1) is 14.0. The molecule has 0 aromatic heterocycles. The lowest BCUT2D eigenvalue weighted by molar-refractivity contribution is -0.671. The molecule has 0 aliphatic carbocycles. The number of hydrogen-bond acceptors (Lipinski definition) is 3. The van der Waals surface area contributed by atoms with Crippen molar-refractivity contribution < 1.29 is 19.5 Å². The van der Waals surface area contributed by atoms with Crippen LogP contribution in [0.5, 0.6) is 11.5 Å². The van der Waals surface area contributed by atoms with Crippen molar-refractivity contribution in [1.29, 1.82) is 0 Å². The summed E-state index contributed by atoms with van der Waals surface area (Å²) in [6.45, 7) is 9.92. The molecule has 0 radical (unpaired) electrons. The third-order valence-corrected chi connectivity index (χ3v) is 6.31. The summed E-state index contributed by atoms with van der Waals surface area (Å²) < 4.78 is 16.9. The second kappa shape index (κ2) is 8.76. The van der Waals surface area contributed by atoms with Gasteiger partial charge in [0.25, 0.3) is 0 Å². The minimum Gasteiger partial charge on any atom is -0.454 e. The number of fused-ring (bicyclic) bond motifs is 1. The molecule has 1 fully saturated rings. The van der Waals surface area contributed by atoms with Gasteiger partial charge in [-0.2, -0.15) is 0 Å². The number of benzene rings is 2. The maximum atomic E-state index is 5.99. The van der Waals surface area contributed by atoms with Crippen LogP contribution in [0.1, 0.15) is 55.7 Å². The zero-order valence-electron chi connectivity index (χ0n) is 17.9. The molecule has 2 N–H and O–H groups in total. The summed E-state index contributed by atoms with van der Waals surface area (Å²) in [6, 6.07) is 15.4.